The molecule has 0 saturated carbocycles. The Morgan fingerprint density at radius 3 is 2.53 bits per heavy atom. The number of thiazole rings is 1. The highest BCUT2D eigenvalue weighted by Crippen LogP contribution is 2.16. The van der Waals surface area contributed by atoms with Gasteiger partial charge in [0.05, 0.1) is 10.7 Å². The summed E-state index contributed by atoms with van der Waals surface area (Å²) in [4.78, 5) is 5.89. The maximum atomic E-state index is 4.53. The molecule has 1 aromatic rings. The van der Waals surface area contributed by atoms with E-state index in [2.05, 4.69) is 38.0 Å². The predicted octanol–water partition coefficient (Wildman–Crippen LogP) is 3.43. The number of nitrogens with one attached hydrogen (secondary N) is 1. The first-order chi connectivity index (χ1) is 7.17. The molecule has 1 unspecified atom stereocenters. The van der Waals surface area contributed by atoms with Gasteiger partial charge in [0.2, 0.25) is 0 Å². The molecule has 2 nitrogen and oxygen atoms in total. The Morgan fingerprint density at radius 2 is 2.07 bits per heavy atom. The number of nitrogens with zero attached hydrogens (tertiary/aromatic N) is 1. The van der Waals surface area contributed by atoms with E-state index in [1.54, 1.807) is 11.3 Å². The fraction of sp³-hybridized carbons (Fsp3) is 0.750. The van der Waals surface area contributed by atoms with Crippen LogP contribution in [0.2, 0.25) is 0 Å². The molecule has 3 heteroatoms. The van der Waals surface area contributed by atoms with Crippen molar-refractivity contribution in [3.8, 4) is 0 Å². The van der Waals surface area contributed by atoms with Gasteiger partial charge in [-0.1, -0.05) is 20.3 Å². The molecular formula is C12H22N2S. The zero-order valence-corrected chi connectivity index (χ0v) is 11.1. The lowest BCUT2D eigenvalue weighted by Gasteiger charge is -2.15. The van der Waals surface area contributed by atoms with E-state index in [0.717, 1.165) is 6.54 Å². The largest absolute Gasteiger partial charge is 0.308 e. The van der Waals surface area contributed by atoms with Crippen molar-refractivity contribution in [3.63, 3.8) is 0 Å². The number of hydrogen-bond acceptors (Lipinski definition) is 3. The molecule has 0 aromatic carbocycles. The zero-order chi connectivity index (χ0) is 11.3. The minimum Gasteiger partial charge on any atom is -0.308 e. The molecule has 1 aromatic heterocycles. The summed E-state index contributed by atoms with van der Waals surface area (Å²) in [7, 11) is 0. The molecule has 1 N–H and O–H groups in total. The quantitative estimate of drug-likeness (QED) is 0.804. The first-order valence-corrected chi connectivity index (χ1v) is 6.65. The van der Waals surface area contributed by atoms with Crippen molar-refractivity contribution >= 4 is 11.3 Å². The highest BCUT2D eigenvalue weighted by molar-refractivity contribution is 7.11. The molecule has 0 aliphatic heterocycles. The molecule has 0 aliphatic carbocycles. The highest BCUT2D eigenvalue weighted by Gasteiger charge is 2.08. The molecule has 86 valence electrons. The van der Waals surface area contributed by atoms with Crippen LogP contribution in [0, 0.1) is 13.8 Å². The monoisotopic (exact) mass is 226 g/mol. The van der Waals surface area contributed by atoms with Crippen LogP contribution in [0.25, 0.3) is 0 Å². The van der Waals surface area contributed by atoms with Crippen LogP contribution in [0.1, 0.15) is 48.7 Å². The average Bonchev–Trinajstić information content (AvgIpc) is 2.52. The van der Waals surface area contributed by atoms with Crippen LogP contribution < -0.4 is 5.32 Å². The molecule has 15 heavy (non-hydrogen) atoms. The molecule has 0 saturated heterocycles. The smallest absolute Gasteiger partial charge is 0.0900 e. The van der Waals surface area contributed by atoms with Gasteiger partial charge in [0.1, 0.15) is 0 Å². The first kappa shape index (κ1) is 12.7. The number of aromatic nitrogens is 1. The van der Waals surface area contributed by atoms with Crippen LogP contribution in [0.4, 0.5) is 0 Å². The van der Waals surface area contributed by atoms with E-state index in [1.165, 1.54) is 34.8 Å². The molecule has 1 rings (SSSR count). The van der Waals surface area contributed by atoms with E-state index >= 15 is 0 Å². The van der Waals surface area contributed by atoms with Gasteiger partial charge in [-0.25, -0.2) is 4.98 Å². The van der Waals surface area contributed by atoms with Crippen LogP contribution in [0.5, 0.6) is 0 Å². The van der Waals surface area contributed by atoms with Gasteiger partial charge in [-0.3, -0.25) is 0 Å². The second kappa shape index (κ2) is 6.23. The third-order valence-corrected chi connectivity index (χ3v) is 3.62. The van der Waals surface area contributed by atoms with Gasteiger partial charge >= 0.3 is 0 Å². The van der Waals surface area contributed by atoms with Gasteiger partial charge in [-0.05, 0) is 26.7 Å². The minimum absolute atomic E-state index is 0.649. The molecule has 0 fully saturated rings. The lowest BCUT2D eigenvalue weighted by molar-refractivity contribution is 0.459. The van der Waals surface area contributed by atoms with E-state index < -0.39 is 0 Å². The Labute approximate surface area is 97.1 Å². The maximum Gasteiger partial charge on any atom is 0.0900 e. The van der Waals surface area contributed by atoms with Crippen LogP contribution in [0.3, 0.4) is 0 Å². The third kappa shape index (κ3) is 3.92. The topological polar surface area (TPSA) is 24.9 Å². The van der Waals surface area contributed by atoms with E-state index in [-0.39, 0.29) is 0 Å². The van der Waals surface area contributed by atoms with Crippen molar-refractivity contribution in [2.75, 3.05) is 0 Å². The molecule has 0 radical (unpaired) electrons. The van der Waals surface area contributed by atoms with Gasteiger partial charge in [0, 0.05) is 17.5 Å². The van der Waals surface area contributed by atoms with Crippen LogP contribution >= 0.6 is 11.3 Å². The summed E-state index contributed by atoms with van der Waals surface area (Å²) in [6.45, 7) is 9.64. The van der Waals surface area contributed by atoms with E-state index in [1.807, 2.05) is 0 Å². The molecule has 0 spiro atoms. The zero-order valence-electron chi connectivity index (χ0n) is 10.3. The van der Waals surface area contributed by atoms with Crippen molar-refractivity contribution < 1.29 is 0 Å². The molecule has 0 bridgehead atoms. The van der Waals surface area contributed by atoms with Gasteiger partial charge in [0.25, 0.3) is 0 Å². The number of hydrogen-bond donors (Lipinski definition) is 1. The van der Waals surface area contributed by atoms with Crippen molar-refractivity contribution in [1.29, 1.82) is 0 Å². The molecule has 0 amide bonds. The second-order valence-corrected chi connectivity index (χ2v) is 5.42. The molecular weight excluding hydrogens is 204 g/mol. The van der Waals surface area contributed by atoms with E-state index in [9.17, 15) is 0 Å². The number of rotatable bonds is 6. The summed E-state index contributed by atoms with van der Waals surface area (Å²) in [5.74, 6) is 0. The fourth-order valence-electron chi connectivity index (χ4n) is 1.78. The highest BCUT2D eigenvalue weighted by atomic mass is 32.1. The molecule has 1 heterocycles. The normalized spacial score (nSPS) is 13.1. The Morgan fingerprint density at radius 1 is 1.33 bits per heavy atom. The lowest BCUT2D eigenvalue weighted by Crippen LogP contribution is -2.28. The Kier molecular flexibility index (Phi) is 5.26. The van der Waals surface area contributed by atoms with E-state index in [0.29, 0.717) is 6.04 Å². The van der Waals surface area contributed by atoms with Gasteiger partial charge in [0.15, 0.2) is 0 Å². The van der Waals surface area contributed by atoms with E-state index in [4.69, 9.17) is 0 Å². The summed E-state index contributed by atoms with van der Waals surface area (Å²) in [6.07, 6.45) is 3.72. The van der Waals surface area contributed by atoms with Crippen LogP contribution in [0.15, 0.2) is 0 Å². The minimum atomic E-state index is 0.649. The summed E-state index contributed by atoms with van der Waals surface area (Å²) in [5.41, 5.74) is 1.23. The van der Waals surface area contributed by atoms with Crippen LogP contribution in [-0.2, 0) is 6.54 Å². The fourth-order valence-corrected chi connectivity index (χ4v) is 2.61. The maximum absolute atomic E-state index is 4.53. The number of aryl methyl sites for hydroxylation is 2. The van der Waals surface area contributed by atoms with Crippen LogP contribution in [-0.4, -0.2) is 11.0 Å². The Hall–Kier alpha value is -0.410. The van der Waals surface area contributed by atoms with Gasteiger partial charge in [-0.2, -0.15) is 0 Å². The van der Waals surface area contributed by atoms with Crippen molar-refractivity contribution in [3.05, 3.63) is 15.6 Å². The molecule has 1 atom stereocenters. The SMILES string of the molecule is CCCC(CC)NCc1nc(C)sc1C. The Bertz CT molecular complexity index is 294. The van der Waals surface area contributed by atoms with Gasteiger partial charge < -0.3 is 5.32 Å². The summed E-state index contributed by atoms with van der Waals surface area (Å²) < 4.78 is 0. The Balaban J connectivity index is 2.44. The van der Waals surface area contributed by atoms with Gasteiger partial charge in [-0.15, -0.1) is 11.3 Å². The first-order valence-electron chi connectivity index (χ1n) is 5.83. The van der Waals surface area contributed by atoms with Crippen molar-refractivity contribution in [2.24, 2.45) is 0 Å². The predicted molar refractivity (Wildman–Crippen MR) is 67.4 cm³/mol. The summed E-state index contributed by atoms with van der Waals surface area (Å²) >= 11 is 1.79. The second-order valence-electron chi connectivity index (χ2n) is 4.01. The van der Waals surface area contributed by atoms with Crippen molar-refractivity contribution in [2.45, 2.75) is 59.5 Å². The standard InChI is InChI=1S/C12H22N2S/c1-5-7-11(6-2)13-8-12-9(3)15-10(4)14-12/h11,13H,5-8H2,1-4H3. The van der Waals surface area contributed by atoms with Crippen molar-refractivity contribution in [1.82, 2.24) is 10.3 Å². The average molecular weight is 226 g/mol. The summed E-state index contributed by atoms with van der Waals surface area (Å²) in [5, 5.41) is 4.76. The summed E-state index contributed by atoms with van der Waals surface area (Å²) in [6, 6.07) is 0.649. The third-order valence-electron chi connectivity index (χ3n) is 2.69. The molecule has 0 aliphatic rings. The lowest BCUT2D eigenvalue weighted by atomic mass is 10.1.